The number of nitrogens with one attached hydrogen (secondary N) is 1. The lowest BCUT2D eigenvalue weighted by Gasteiger charge is -2.19. The van der Waals surface area contributed by atoms with E-state index in [4.69, 9.17) is 25.5 Å². The number of imide groups is 1. The van der Waals surface area contributed by atoms with Gasteiger partial charge in [0.2, 0.25) is 5.91 Å². The molecule has 0 bridgehead atoms. The Kier molecular flexibility index (Phi) is 12.5. The van der Waals surface area contributed by atoms with Crippen LogP contribution in [0.1, 0.15) is 13.8 Å². The molecule has 9 nitrogen and oxygen atoms in total. The lowest BCUT2D eigenvalue weighted by molar-refractivity contribution is -0.118. The molecule has 19 heavy (non-hydrogen) atoms. The van der Waals surface area contributed by atoms with E-state index < -0.39 is 43.5 Å². The molecule has 0 saturated carbocycles. The summed E-state index contributed by atoms with van der Waals surface area (Å²) in [6.07, 6.45) is -4.98. The highest BCUT2D eigenvalue weighted by atomic mass is 16.5. The lowest BCUT2D eigenvalue weighted by atomic mass is 10.1. The largest absolute Gasteiger partial charge is 0.450 e. The average molecular weight is 283 g/mol. The average Bonchev–Trinajstić information content (AvgIpc) is 2.36. The van der Waals surface area contributed by atoms with Gasteiger partial charge in [-0.25, -0.2) is 4.79 Å². The van der Waals surface area contributed by atoms with E-state index in [0.717, 1.165) is 0 Å². The molecule has 2 atom stereocenters. The Bertz CT molecular complexity index is 250. The van der Waals surface area contributed by atoms with E-state index in [1.807, 2.05) is 5.32 Å². The maximum absolute atomic E-state index is 10.3. The van der Waals surface area contributed by atoms with Crippen molar-refractivity contribution in [3.63, 3.8) is 0 Å². The highest BCUT2D eigenvalue weighted by Crippen LogP contribution is 1.98. The molecule has 0 aliphatic carbocycles. The molecule has 6 N–H and O–H groups in total. The molecule has 0 radical (unpaired) electrons. The van der Waals surface area contributed by atoms with Gasteiger partial charge in [-0.2, -0.15) is 0 Å². The zero-order chi connectivity index (χ0) is 15.4. The van der Waals surface area contributed by atoms with Crippen LogP contribution in [-0.2, 0) is 9.53 Å². The molecular formula is C10H21NO8. The van der Waals surface area contributed by atoms with Gasteiger partial charge in [-0.3, -0.25) is 10.1 Å². The summed E-state index contributed by atoms with van der Waals surface area (Å²) >= 11 is 0. The van der Waals surface area contributed by atoms with Crippen molar-refractivity contribution in [3.05, 3.63) is 0 Å². The Hall–Kier alpha value is -1.26. The predicted octanol–water partition coefficient (Wildman–Crippen LogP) is -2.67. The summed E-state index contributed by atoms with van der Waals surface area (Å²) in [5.41, 5.74) is 0. The monoisotopic (exact) mass is 283 g/mol. The van der Waals surface area contributed by atoms with Gasteiger partial charge in [-0.05, 0) is 6.92 Å². The van der Waals surface area contributed by atoms with Crippen LogP contribution in [0.5, 0.6) is 0 Å². The van der Waals surface area contributed by atoms with Crippen LogP contribution in [0.25, 0.3) is 0 Å². The number of amides is 2. The minimum atomic E-state index is -1.49. The van der Waals surface area contributed by atoms with Gasteiger partial charge in [0.1, 0.15) is 18.3 Å². The van der Waals surface area contributed by atoms with E-state index in [1.165, 1.54) is 6.92 Å². The number of carbonyl (C=O) groups is 2. The molecule has 0 spiro atoms. The second kappa shape index (κ2) is 11.8. The number of hydrogen-bond donors (Lipinski definition) is 6. The van der Waals surface area contributed by atoms with Crippen LogP contribution in [0.3, 0.4) is 0 Å². The summed E-state index contributed by atoms with van der Waals surface area (Å²) in [5, 5.41) is 44.5. The fourth-order valence-electron chi connectivity index (χ4n) is 0.783. The third-order valence-corrected chi connectivity index (χ3v) is 1.72. The van der Waals surface area contributed by atoms with E-state index in [9.17, 15) is 9.59 Å². The molecule has 0 heterocycles. The summed E-state index contributed by atoms with van der Waals surface area (Å²) in [4.78, 5) is 20.4. The molecule has 0 saturated heterocycles. The van der Waals surface area contributed by atoms with Crippen molar-refractivity contribution < 1.29 is 39.9 Å². The molecule has 114 valence electrons. The zero-order valence-corrected chi connectivity index (χ0v) is 10.8. The number of aliphatic hydroxyl groups excluding tert-OH is 5. The smallest absolute Gasteiger partial charge is 0.413 e. The van der Waals surface area contributed by atoms with Crippen LogP contribution in [-0.4, -0.2) is 75.7 Å². The standard InChI is InChI=1S/C5H9NO3.C5H12O5/c1-3-9-5(8)6-4(2)7;6-1-3(8)5(10)4(9)2-7/h3H2,1-2H3,(H,6,7,8);3-10H,1-2H2. The molecule has 0 rings (SSSR count). The van der Waals surface area contributed by atoms with Crippen molar-refractivity contribution in [2.45, 2.75) is 32.2 Å². The van der Waals surface area contributed by atoms with Crippen LogP contribution in [0.15, 0.2) is 0 Å². The fraction of sp³-hybridized carbons (Fsp3) is 0.800. The van der Waals surface area contributed by atoms with Gasteiger partial charge in [0.05, 0.1) is 19.8 Å². The molecule has 0 aromatic rings. The maximum atomic E-state index is 10.3. The first-order chi connectivity index (χ1) is 8.79. The zero-order valence-electron chi connectivity index (χ0n) is 10.8. The molecule has 2 unspecified atom stereocenters. The molecule has 0 aromatic carbocycles. The molecule has 0 aromatic heterocycles. The van der Waals surface area contributed by atoms with E-state index in [1.54, 1.807) is 6.92 Å². The van der Waals surface area contributed by atoms with Crippen molar-refractivity contribution in [1.29, 1.82) is 0 Å². The fourth-order valence-corrected chi connectivity index (χ4v) is 0.783. The van der Waals surface area contributed by atoms with Crippen LogP contribution in [0.4, 0.5) is 4.79 Å². The SMILES string of the molecule is CCOC(=O)NC(C)=O.OCC(O)C(O)C(O)CO. The van der Waals surface area contributed by atoms with Crippen LogP contribution < -0.4 is 5.32 Å². The molecule has 0 aliphatic heterocycles. The quantitative estimate of drug-likeness (QED) is 0.319. The summed E-state index contributed by atoms with van der Waals surface area (Å²) in [6.45, 7) is 1.91. The first kappa shape index (κ1) is 20.1. The summed E-state index contributed by atoms with van der Waals surface area (Å²) in [5.74, 6) is -0.409. The Balaban J connectivity index is 0. The van der Waals surface area contributed by atoms with Crippen LogP contribution in [0, 0.1) is 0 Å². The van der Waals surface area contributed by atoms with Gasteiger partial charge in [0.25, 0.3) is 0 Å². The van der Waals surface area contributed by atoms with Crippen molar-refractivity contribution in [3.8, 4) is 0 Å². The number of alkyl carbamates (subject to hydrolysis) is 1. The van der Waals surface area contributed by atoms with E-state index >= 15 is 0 Å². The van der Waals surface area contributed by atoms with Gasteiger partial charge in [-0.1, -0.05) is 0 Å². The van der Waals surface area contributed by atoms with E-state index in [0.29, 0.717) is 0 Å². The minimum Gasteiger partial charge on any atom is -0.450 e. The Morgan fingerprint density at radius 2 is 1.53 bits per heavy atom. The third kappa shape index (κ3) is 11.6. The summed E-state index contributed by atoms with van der Waals surface area (Å²) in [7, 11) is 0. The summed E-state index contributed by atoms with van der Waals surface area (Å²) in [6, 6.07) is 0. The topological polar surface area (TPSA) is 157 Å². The van der Waals surface area contributed by atoms with Crippen molar-refractivity contribution in [2.75, 3.05) is 19.8 Å². The Morgan fingerprint density at radius 3 is 1.79 bits per heavy atom. The number of ether oxygens (including phenoxy) is 1. The Labute approximate surface area is 110 Å². The van der Waals surface area contributed by atoms with Gasteiger partial charge in [0, 0.05) is 6.92 Å². The molecular weight excluding hydrogens is 262 g/mol. The highest BCUT2D eigenvalue weighted by molar-refractivity contribution is 5.90. The van der Waals surface area contributed by atoms with Gasteiger partial charge >= 0.3 is 6.09 Å². The normalized spacial score (nSPS) is 14.5. The second-order valence-corrected chi connectivity index (χ2v) is 3.39. The first-order valence-corrected chi connectivity index (χ1v) is 5.50. The van der Waals surface area contributed by atoms with Crippen LogP contribution >= 0.6 is 0 Å². The molecule has 2 amide bonds. The number of hydrogen-bond acceptors (Lipinski definition) is 8. The van der Waals surface area contributed by atoms with Crippen molar-refractivity contribution in [1.82, 2.24) is 5.32 Å². The molecule has 0 fully saturated rings. The molecule has 0 aliphatic rings. The number of rotatable bonds is 5. The number of carbonyl (C=O) groups excluding carboxylic acids is 2. The minimum absolute atomic E-state index is 0.277. The number of aliphatic hydroxyl groups is 5. The summed E-state index contributed by atoms with van der Waals surface area (Å²) < 4.78 is 4.38. The lowest BCUT2D eigenvalue weighted by Crippen LogP contribution is -2.41. The third-order valence-electron chi connectivity index (χ3n) is 1.72. The molecule has 9 heteroatoms. The van der Waals surface area contributed by atoms with E-state index in [-0.39, 0.29) is 6.61 Å². The van der Waals surface area contributed by atoms with Crippen molar-refractivity contribution in [2.24, 2.45) is 0 Å². The Morgan fingerprint density at radius 1 is 1.11 bits per heavy atom. The second-order valence-electron chi connectivity index (χ2n) is 3.39. The van der Waals surface area contributed by atoms with Gasteiger partial charge in [-0.15, -0.1) is 0 Å². The van der Waals surface area contributed by atoms with Crippen LogP contribution in [0.2, 0.25) is 0 Å². The predicted molar refractivity (Wildman–Crippen MR) is 63.0 cm³/mol. The maximum Gasteiger partial charge on any atom is 0.413 e. The van der Waals surface area contributed by atoms with Gasteiger partial charge in [0.15, 0.2) is 0 Å². The first-order valence-electron chi connectivity index (χ1n) is 5.50. The van der Waals surface area contributed by atoms with Crippen molar-refractivity contribution >= 4 is 12.0 Å². The highest BCUT2D eigenvalue weighted by Gasteiger charge is 2.22. The van der Waals surface area contributed by atoms with Gasteiger partial charge < -0.3 is 30.3 Å². The van der Waals surface area contributed by atoms with E-state index in [2.05, 4.69) is 4.74 Å².